The van der Waals surface area contributed by atoms with E-state index in [1.165, 1.54) is 6.26 Å². The standard InChI is InChI=1S/C13H13N3O2/c14-10-7-9-3-1-2-4-12(9)16(8-10)13(17)11-5-6-18-15-11/h1-6,10H,7-8,14H2. The maximum atomic E-state index is 12.3. The number of rotatable bonds is 1. The first-order chi connectivity index (χ1) is 8.75. The second-order valence-corrected chi connectivity index (χ2v) is 4.39. The Morgan fingerprint density at radius 3 is 3.00 bits per heavy atom. The fourth-order valence-electron chi connectivity index (χ4n) is 2.28. The molecule has 1 aromatic heterocycles. The second-order valence-electron chi connectivity index (χ2n) is 4.39. The normalized spacial score (nSPS) is 18.5. The molecule has 5 nitrogen and oxygen atoms in total. The smallest absolute Gasteiger partial charge is 0.280 e. The number of fused-ring (bicyclic) bond motifs is 1. The van der Waals surface area contributed by atoms with Gasteiger partial charge >= 0.3 is 0 Å². The highest BCUT2D eigenvalue weighted by atomic mass is 16.5. The van der Waals surface area contributed by atoms with Crippen LogP contribution in [0.4, 0.5) is 5.69 Å². The van der Waals surface area contributed by atoms with Crippen molar-refractivity contribution < 1.29 is 9.32 Å². The summed E-state index contributed by atoms with van der Waals surface area (Å²) in [6, 6.07) is 9.31. The molecule has 1 atom stereocenters. The summed E-state index contributed by atoms with van der Waals surface area (Å²) in [5, 5.41) is 3.68. The molecule has 1 amide bonds. The summed E-state index contributed by atoms with van der Waals surface area (Å²) in [6.07, 6.45) is 2.18. The van der Waals surface area contributed by atoms with Crippen molar-refractivity contribution in [2.75, 3.05) is 11.4 Å². The van der Waals surface area contributed by atoms with Gasteiger partial charge in [-0.1, -0.05) is 23.4 Å². The molecule has 1 aliphatic rings. The van der Waals surface area contributed by atoms with E-state index in [0.717, 1.165) is 17.7 Å². The molecule has 0 bridgehead atoms. The lowest BCUT2D eigenvalue weighted by atomic mass is 9.98. The number of amides is 1. The third-order valence-electron chi connectivity index (χ3n) is 3.08. The van der Waals surface area contributed by atoms with Crippen LogP contribution in [0.1, 0.15) is 16.1 Å². The third-order valence-corrected chi connectivity index (χ3v) is 3.08. The maximum absolute atomic E-state index is 12.3. The van der Waals surface area contributed by atoms with E-state index >= 15 is 0 Å². The minimum atomic E-state index is -0.175. The first-order valence-electron chi connectivity index (χ1n) is 5.81. The molecule has 0 saturated heterocycles. The number of anilines is 1. The van der Waals surface area contributed by atoms with Crippen LogP contribution in [-0.4, -0.2) is 23.7 Å². The Labute approximate surface area is 104 Å². The average molecular weight is 243 g/mol. The summed E-state index contributed by atoms with van der Waals surface area (Å²) in [7, 11) is 0. The van der Waals surface area contributed by atoms with E-state index in [1.54, 1.807) is 11.0 Å². The van der Waals surface area contributed by atoms with Crippen molar-refractivity contribution in [3.8, 4) is 0 Å². The van der Waals surface area contributed by atoms with Gasteiger partial charge in [-0.2, -0.15) is 0 Å². The van der Waals surface area contributed by atoms with Crippen molar-refractivity contribution in [2.45, 2.75) is 12.5 Å². The molecule has 1 aromatic carbocycles. The maximum Gasteiger partial charge on any atom is 0.280 e. The highest BCUT2D eigenvalue weighted by Gasteiger charge is 2.28. The quantitative estimate of drug-likeness (QED) is 0.817. The van der Waals surface area contributed by atoms with Gasteiger partial charge in [0.05, 0.1) is 0 Å². The molecular formula is C13H13N3O2. The van der Waals surface area contributed by atoms with E-state index in [0.29, 0.717) is 12.2 Å². The molecule has 0 fully saturated rings. The zero-order valence-corrected chi connectivity index (χ0v) is 9.74. The second kappa shape index (κ2) is 4.27. The van der Waals surface area contributed by atoms with Gasteiger partial charge < -0.3 is 15.2 Å². The molecule has 2 N–H and O–H groups in total. The van der Waals surface area contributed by atoms with Crippen LogP contribution >= 0.6 is 0 Å². The van der Waals surface area contributed by atoms with Gasteiger partial charge in [-0.15, -0.1) is 0 Å². The van der Waals surface area contributed by atoms with Crippen LogP contribution in [0.25, 0.3) is 0 Å². The van der Waals surface area contributed by atoms with Crippen molar-refractivity contribution in [3.05, 3.63) is 47.9 Å². The van der Waals surface area contributed by atoms with Gasteiger partial charge in [-0.3, -0.25) is 4.79 Å². The van der Waals surface area contributed by atoms with Gasteiger partial charge in [0.25, 0.3) is 5.91 Å². The molecular weight excluding hydrogens is 230 g/mol. The largest absolute Gasteiger partial charge is 0.364 e. The lowest BCUT2D eigenvalue weighted by Gasteiger charge is -2.32. The molecule has 0 radical (unpaired) electrons. The molecule has 0 spiro atoms. The van der Waals surface area contributed by atoms with Crippen LogP contribution < -0.4 is 10.6 Å². The summed E-state index contributed by atoms with van der Waals surface area (Å²) >= 11 is 0. The van der Waals surface area contributed by atoms with E-state index in [4.69, 9.17) is 10.3 Å². The molecule has 2 aromatic rings. The molecule has 2 heterocycles. The molecule has 18 heavy (non-hydrogen) atoms. The first-order valence-corrected chi connectivity index (χ1v) is 5.81. The van der Waals surface area contributed by atoms with Crippen molar-refractivity contribution >= 4 is 11.6 Å². The predicted octanol–water partition coefficient (Wildman–Crippen LogP) is 1.20. The fraction of sp³-hybridized carbons (Fsp3) is 0.231. The number of nitrogens with two attached hydrogens (primary N) is 1. The van der Waals surface area contributed by atoms with Crippen LogP contribution in [0.5, 0.6) is 0 Å². The highest BCUT2D eigenvalue weighted by Crippen LogP contribution is 2.27. The van der Waals surface area contributed by atoms with Crippen molar-refractivity contribution in [1.29, 1.82) is 0 Å². The molecule has 1 unspecified atom stereocenters. The Balaban J connectivity index is 2.00. The van der Waals surface area contributed by atoms with E-state index in [2.05, 4.69) is 5.16 Å². The number of aromatic nitrogens is 1. The van der Waals surface area contributed by atoms with Crippen LogP contribution in [0.3, 0.4) is 0 Å². The van der Waals surface area contributed by atoms with Gasteiger partial charge in [0.2, 0.25) is 0 Å². The Morgan fingerprint density at radius 2 is 2.22 bits per heavy atom. The molecule has 92 valence electrons. The lowest BCUT2D eigenvalue weighted by molar-refractivity contribution is 0.0974. The number of hydrogen-bond acceptors (Lipinski definition) is 4. The zero-order chi connectivity index (χ0) is 12.5. The van der Waals surface area contributed by atoms with E-state index in [9.17, 15) is 4.79 Å². The van der Waals surface area contributed by atoms with Gasteiger partial charge in [0, 0.05) is 24.3 Å². The Kier molecular flexibility index (Phi) is 2.60. The highest BCUT2D eigenvalue weighted by molar-refractivity contribution is 6.05. The number of hydrogen-bond donors (Lipinski definition) is 1. The Bertz CT molecular complexity index is 565. The molecule has 3 rings (SSSR count). The lowest BCUT2D eigenvalue weighted by Crippen LogP contribution is -2.46. The summed E-state index contributed by atoms with van der Waals surface area (Å²) in [4.78, 5) is 14.0. The first kappa shape index (κ1) is 11.0. The number of benzene rings is 1. The van der Waals surface area contributed by atoms with Gasteiger partial charge in [-0.25, -0.2) is 0 Å². The van der Waals surface area contributed by atoms with Crippen molar-refractivity contribution in [2.24, 2.45) is 5.73 Å². The minimum Gasteiger partial charge on any atom is -0.364 e. The SMILES string of the molecule is NC1Cc2ccccc2N(C(=O)c2ccon2)C1. The number of nitrogens with zero attached hydrogens (tertiary/aromatic N) is 2. The summed E-state index contributed by atoms with van der Waals surface area (Å²) in [5.74, 6) is -0.175. The molecule has 0 aliphatic carbocycles. The van der Waals surface area contributed by atoms with Crippen LogP contribution in [0.2, 0.25) is 0 Å². The van der Waals surface area contributed by atoms with Crippen LogP contribution in [0.15, 0.2) is 41.1 Å². The predicted molar refractivity (Wildman–Crippen MR) is 66.3 cm³/mol. The van der Waals surface area contributed by atoms with Crippen molar-refractivity contribution in [3.63, 3.8) is 0 Å². The summed E-state index contributed by atoms with van der Waals surface area (Å²) in [5.41, 5.74) is 8.30. The molecule has 1 aliphatic heterocycles. The number of para-hydroxylation sites is 1. The van der Waals surface area contributed by atoms with Crippen LogP contribution in [-0.2, 0) is 6.42 Å². The van der Waals surface area contributed by atoms with E-state index in [-0.39, 0.29) is 11.9 Å². The number of carbonyl (C=O) groups excluding carboxylic acids is 1. The minimum absolute atomic E-state index is 0.0456. The number of carbonyl (C=O) groups is 1. The summed E-state index contributed by atoms with van der Waals surface area (Å²) < 4.78 is 4.71. The molecule has 5 heteroatoms. The zero-order valence-electron chi connectivity index (χ0n) is 9.74. The van der Waals surface area contributed by atoms with E-state index in [1.807, 2.05) is 24.3 Å². The Hall–Kier alpha value is -2.14. The average Bonchev–Trinajstić information content (AvgIpc) is 2.90. The third kappa shape index (κ3) is 1.78. The van der Waals surface area contributed by atoms with Crippen molar-refractivity contribution in [1.82, 2.24) is 5.16 Å². The monoisotopic (exact) mass is 243 g/mol. The van der Waals surface area contributed by atoms with E-state index < -0.39 is 0 Å². The summed E-state index contributed by atoms with van der Waals surface area (Å²) in [6.45, 7) is 0.503. The fourth-order valence-corrected chi connectivity index (χ4v) is 2.28. The van der Waals surface area contributed by atoms with Gasteiger partial charge in [-0.05, 0) is 18.1 Å². The topological polar surface area (TPSA) is 72.4 Å². The Morgan fingerprint density at radius 1 is 1.39 bits per heavy atom. The molecule has 0 saturated carbocycles. The van der Waals surface area contributed by atoms with Gasteiger partial charge in [0.1, 0.15) is 6.26 Å². The van der Waals surface area contributed by atoms with Gasteiger partial charge in [0.15, 0.2) is 5.69 Å². The van der Waals surface area contributed by atoms with Crippen LogP contribution in [0, 0.1) is 0 Å².